The van der Waals surface area contributed by atoms with Crippen LogP contribution in [0.5, 0.6) is 0 Å². The monoisotopic (exact) mass is 303 g/mol. The second-order valence-corrected chi connectivity index (χ2v) is 4.79. The smallest absolute Gasteiger partial charge is 0.243 e. The van der Waals surface area contributed by atoms with Crippen LogP contribution in [0.1, 0.15) is 25.0 Å². The van der Waals surface area contributed by atoms with Gasteiger partial charge in [-0.1, -0.05) is 31.5 Å². The second-order valence-electron chi connectivity index (χ2n) is 4.11. The highest BCUT2D eigenvalue weighted by Crippen LogP contribution is 2.32. The summed E-state index contributed by atoms with van der Waals surface area (Å²) in [6.45, 7) is 4.23. The number of halogens is 2. The maximum absolute atomic E-state index is 12.0. The van der Waals surface area contributed by atoms with Crippen molar-refractivity contribution in [1.29, 1.82) is 0 Å². The van der Waals surface area contributed by atoms with E-state index in [9.17, 15) is 4.79 Å². The van der Waals surface area contributed by atoms with Crippen LogP contribution in [0.25, 0.3) is 0 Å². The van der Waals surface area contributed by atoms with Gasteiger partial charge in [-0.15, -0.1) is 11.6 Å². The summed E-state index contributed by atoms with van der Waals surface area (Å²) in [6.07, 6.45) is 1.56. The Bertz CT molecular complexity index is 449. The number of methoxy groups -OCH3 is 1. The molecule has 0 fully saturated rings. The van der Waals surface area contributed by atoms with E-state index in [-0.39, 0.29) is 18.5 Å². The highest BCUT2D eigenvalue weighted by molar-refractivity contribution is 6.32. The molecule has 0 bridgehead atoms. The molecule has 0 spiro atoms. The van der Waals surface area contributed by atoms with Gasteiger partial charge in [0.2, 0.25) is 5.91 Å². The minimum atomic E-state index is -0.185. The van der Waals surface area contributed by atoms with Gasteiger partial charge in [0.1, 0.15) is 12.6 Å². The highest BCUT2D eigenvalue weighted by Gasteiger charge is 2.21. The number of alkyl halides is 1. The first-order chi connectivity index (χ1) is 9.10. The normalized spacial score (nSPS) is 10.6. The first-order valence-electron chi connectivity index (χ1n) is 6.26. The predicted molar refractivity (Wildman–Crippen MR) is 80.3 cm³/mol. The van der Waals surface area contributed by atoms with Gasteiger partial charge in [-0.05, 0) is 30.0 Å². The molecule has 1 aromatic carbocycles. The molecule has 1 amide bonds. The number of aryl methyl sites for hydroxylation is 1. The molecule has 1 aromatic rings. The molecule has 0 aliphatic carbocycles. The number of ether oxygens (including phenoxy) is 1. The Morgan fingerprint density at radius 3 is 2.47 bits per heavy atom. The van der Waals surface area contributed by atoms with Crippen LogP contribution in [0.15, 0.2) is 12.1 Å². The number of hydrogen-bond acceptors (Lipinski definition) is 2. The quantitative estimate of drug-likeness (QED) is 0.593. The predicted octanol–water partition coefficient (Wildman–Crippen LogP) is 3.64. The molecule has 0 heterocycles. The number of carbonyl (C=O) groups excluding carboxylic acids is 1. The first-order valence-corrected chi connectivity index (χ1v) is 7.17. The minimum Gasteiger partial charge on any atom is -0.364 e. The molecule has 1 rings (SSSR count). The van der Waals surface area contributed by atoms with Gasteiger partial charge >= 0.3 is 0 Å². The van der Waals surface area contributed by atoms with Crippen LogP contribution in [-0.2, 0) is 22.4 Å². The SMILES string of the molecule is CCc1ccc(Cl)c(CC)c1N(COC)C(=O)CCl. The van der Waals surface area contributed by atoms with E-state index in [1.165, 1.54) is 0 Å². The van der Waals surface area contributed by atoms with E-state index < -0.39 is 0 Å². The van der Waals surface area contributed by atoms with Gasteiger partial charge < -0.3 is 4.74 Å². The van der Waals surface area contributed by atoms with Gasteiger partial charge in [-0.25, -0.2) is 0 Å². The first kappa shape index (κ1) is 16.3. The van der Waals surface area contributed by atoms with Crippen molar-refractivity contribution in [3.05, 3.63) is 28.3 Å². The third-order valence-electron chi connectivity index (χ3n) is 2.99. The molecular weight excluding hydrogens is 285 g/mol. The number of nitrogens with zero attached hydrogens (tertiary/aromatic N) is 1. The topological polar surface area (TPSA) is 29.5 Å². The average Bonchev–Trinajstić information content (AvgIpc) is 2.43. The summed E-state index contributed by atoms with van der Waals surface area (Å²) in [6, 6.07) is 3.82. The van der Waals surface area contributed by atoms with Crippen molar-refractivity contribution in [2.45, 2.75) is 26.7 Å². The molecule has 0 aliphatic heterocycles. The minimum absolute atomic E-state index is 0.0812. The lowest BCUT2D eigenvalue weighted by Gasteiger charge is -2.26. The number of anilines is 1. The Morgan fingerprint density at radius 2 is 2.00 bits per heavy atom. The number of amides is 1. The fourth-order valence-corrected chi connectivity index (χ4v) is 2.51. The van der Waals surface area contributed by atoms with Crippen molar-refractivity contribution >= 4 is 34.8 Å². The van der Waals surface area contributed by atoms with Crippen LogP contribution >= 0.6 is 23.2 Å². The molecule has 0 saturated heterocycles. The molecule has 0 atom stereocenters. The van der Waals surface area contributed by atoms with E-state index >= 15 is 0 Å². The zero-order chi connectivity index (χ0) is 14.4. The zero-order valence-electron chi connectivity index (χ0n) is 11.5. The van der Waals surface area contributed by atoms with Gasteiger partial charge in [0, 0.05) is 12.1 Å². The van der Waals surface area contributed by atoms with Crippen molar-refractivity contribution < 1.29 is 9.53 Å². The van der Waals surface area contributed by atoms with Gasteiger partial charge in [-0.2, -0.15) is 0 Å². The summed E-state index contributed by atoms with van der Waals surface area (Å²) in [7, 11) is 1.55. The van der Waals surface area contributed by atoms with Crippen molar-refractivity contribution in [2.24, 2.45) is 0 Å². The Labute approximate surface area is 124 Å². The van der Waals surface area contributed by atoms with Crippen LogP contribution in [0, 0.1) is 0 Å². The lowest BCUT2D eigenvalue weighted by atomic mass is 10.0. The van der Waals surface area contributed by atoms with E-state index in [1.54, 1.807) is 12.0 Å². The molecule has 19 heavy (non-hydrogen) atoms. The maximum atomic E-state index is 12.0. The fourth-order valence-electron chi connectivity index (χ4n) is 2.08. The number of carbonyl (C=O) groups is 1. The lowest BCUT2D eigenvalue weighted by molar-refractivity contribution is -0.117. The van der Waals surface area contributed by atoms with Crippen molar-refractivity contribution in [3.63, 3.8) is 0 Å². The Balaban J connectivity index is 3.41. The van der Waals surface area contributed by atoms with Gasteiger partial charge in [0.05, 0.1) is 5.69 Å². The zero-order valence-corrected chi connectivity index (χ0v) is 13.0. The maximum Gasteiger partial charge on any atom is 0.243 e. The highest BCUT2D eigenvalue weighted by atomic mass is 35.5. The summed E-state index contributed by atoms with van der Waals surface area (Å²) in [5.74, 6) is -0.266. The van der Waals surface area contributed by atoms with E-state index in [0.717, 1.165) is 29.7 Å². The van der Waals surface area contributed by atoms with Gasteiger partial charge in [0.25, 0.3) is 0 Å². The molecule has 0 aliphatic rings. The van der Waals surface area contributed by atoms with Crippen molar-refractivity contribution in [3.8, 4) is 0 Å². The van der Waals surface area contributed by atoms with Crippen LogP contribution < -0.4 is 4.90 Å². The Kier molecular flexibility index (Phi) is 6.63. The lowest BCUT2D eigenvalue weighted by Crippen LogP contribution is -2.35. The standard InChI is InChI=1S/C14H19Cl2NO2/c1-4-10-6-7-12(16)11(5-2)14(10)17(9-19-3)13(18)8-15/h6-7H,4-5,8-9H2,1-3H3. The fraction of sp³-hybridized carbons (Fsp3) is 0.500. The Morgan fingerprint density at radius 1 is 1.32 bits per heavy atom. The third kappa shape index (κ3) is 3.62. The molecule has 0 radical (unpaired) electrons. The average molecular weight is 304 g/mol. The molecule has 0 unspecified atom stereocenters. The van der Waals surface area contributed by atoms with Crippen LogP contribution in [0.3, 0.4) is 0 Å². The van der Waals surface area contributed by atoms with Crippen molar-refractivity contribution in [2.75, 3.05) is 24.6 Å². The largest absolute Gasteiger partial charge is 0.364 e. The molecule has 0 aromatic heterocycles. The third-order valence-corrected chi connectivity index (χ3v) is 3.57. The number of rotatable bonds is 6. The van der Waals surface area contributed by atoms with Crippen LogP contribution in [0.2, 0.25) is 5.02 Å². The molecule has 0 N–H and O–H groups in total. The second kappa shape index (κ2) is 7.73. The molecule has 106 valence electrons. The van der Waals surface area contributed by atoms with E-state index in [1.807, 2.05) is 26.0 Å². The summed E-state index contributed by atoms with van der Waals surface area (Å²) >= 11 is 11.9. The van der Waals surface area contributed by atoms with Crippen LogP contribution in [-0.4, -0.2) is 25.6 Å². The summed E-state index contributed by atoms with van der Waals surface area (Å²) in [4.78, 5) is 13.6. The number of benzene rings is 1. The van der Waals surface area contributed by atoms with Crippen LogP contribution in [0.4, 0.5) is 5.69 Å². The van der Waals surface area contributed by atoms with Gasteiger partial charge in [-0.3, -0.25) is 9.69 Å². The Hall–Kier alpha value is -0.770. The summed E-state index contributed by atoms with van der Waals surface area (Å²) in [5.41, 5.74) is 2.86. The molecule has 0 saturated carbocycles. The molecule has 5 heteroatoms. The summed E-state index contributed by atoms with van der Waals surface area (Å²) in [5, 5.41) is 0.665. The van der Waals surface area contributed by atoms with E-state index in [4.69, 9.17) is 27.9 Å². The molecule has 3 nitrogen and oxygen atoms in total. The number of hydrogen-bond donors (Lipinski definition) is 0. The van der Waals surface area contributed by atoms with Gasteiger partial charge in [0.15, 0.2) is 0 Å². The van der Waals surface area contributed by atoms with E-state index in [0.29, 0.717) is 5.02 Å². The van der Waals surface area contributed by atoms with Crippen molar-refractivity contribution in [1.82, 2.24) is 0 Å². The van der Waals surface area contributed by atoms with E-state index in [2.05, 4.69) is 0 Å². The summed E-state index contributed by atoms with van der Waals surface area (Å²) < 4.78 is 5.12. The molecular formula is C14H19Cl2NO2.